The van der Waals surface area contributed by atoms with Crippen LogP contribution in [0.1, 0.15) is 36.8 Å². The van der Waals surface area contributed by atoms with E-state index in [4.69, 9.17) is 0 Å². The van der Waals surface area contributed by atoms with Crippen LogP contribution < -0.4 is 10.6 Å². The van der Waals surface area contributed by atoms with Crippen LogP contribution in [0.2, 0.25) is 0 Å². The Morgan fingerprint density at radius 3 is 2.04 bits per heavy atom. The number of hydrogen-bond donors (Lipinski definition) is 2. The van der Waals surface area contributed by atoms with Crippen molar-refractivity contribution in [2.45, 2.75) is 32.9 Å². The Labute approximate surface area is 147 Å². The molecule has 8 heteroatoms. The van der Waals surface area contributed by atoms with Crippen molar-refractivity contribution in [3.8, 4) is 0 Å². The van der Waals surface area contributed by atoms with E-state index in [1.165, 1.54) is 0 Å². The molecule has 0 saturated carbocycles. The van der Waals surface area contributed by atoms with Crippen LogP contribution >= 0.6 is 0 Å². The van der Waals surface area contributed by atoms with Gasteiger partial charge in [-0.3, -0.25) is 9.36 Å². The molecule has 3 rings (SSSR count). The van der Waals surface area contributed by atoms with Crippen molar-refractivity contribution in [2.75, 3.05) is 10.6 Å². The van der Waals surface area contributed by atoms with Crippen LogP contribution in [0.3, 0.4) is 0 Å². The normalized spacial score (nSPS) is 11.1. The fourth-order valence-electron chi connectivity index (χ4n) is 2.43. The molecule has 0 aliphatic rings. The largest absolute Gasteiger partial charge is 0.364 e. The SMILES string of the molecule is CC(C)c1cc(NCc2ccnn2C)nc(NCc2ccnn2C)n1. The average molecular weight is 340 g/mol. The Kier molecular flexibility index (Phi) is 4.97. The zero-order chi connectivity index (χ0) is 17.8. The Balaban J connectivity index is 1.74. The summed E-state index contributed by atoms with van der Waals surface area (Å²) in [4.78, 5) is 9.20. The second-order valence-corrected chi connectivity index (χ2v) is 6.26. The standard InChI is InChI=1S/C17H24N8/c1-12(2)15-9-16(18-10-13-5-7-20-24(13)3)23-17(22-15)19-11-14-6-8-21-25(14)4/h5-9,12H,10-11H2,1-4H3,(H2,18,19,22,23). The third-order valence-corrected chi connectivity index (χ3v) is 4.06. The van der Waals surface area contributed by atoms with Crippen LogP contribution in [-0.4, -0.2) is 29.5 Å². The lowest BCUT2D eigenvalue weighted by Gasteiger charge is -2.13. The summed E-state index contributed by atoms with van der Waals surface area (Å²) in [7, 11) is 3.85. The Morgan fingerprint density at radius 2 is 1.52 bits per heavy atom. The monoisotopic (exact) mass is 340 g/mol. The highest BCUT2D eigenvalue weighted by Crippen LogP contribution is 2.18. The van der Waals surface area contributed by atoms with Crippen molar-refractivity contribution in [3.63, 3.8) is 0 Å². The highest BCUT2D eigenvalue weighted by atomic mass is 15.3. The molecule has 0 radical (unpaired) electrons. The molecular formula is C17H24N8. The lowest BCUT2D eigenvalue weighted by Crippen LogP contribution is -2.12. The van der Waals surface area contributed by atoms with Gasteiger partial charge in [-0.25, -0.2) is 4.98 Å². The molecule has 0 atom stereocenters. The predicted molar refractivity (Wildman–Crippen MR) is 97.2 cm³/mol. The van der Waals surface area contributed by atoms with Gasteiger partial charge in [-0.2, -0.15) is 15.2 Å². The van der Waals surface area contributed by atoms with E-state index < -0.39 is 0 Å². The maximum atomic E-state index is 4.62. The Hall–Kier alpha value is -2.90. The van der Waals surface area contributed by atoms with Crippen molar-refractivity contribution in [1.82, 2.24) is 29.5 Å². The molecule has 0 aliphatic carbocycles. The third kappa shape index (κ3) is 4.14. The van der Waals surface area contributed by atoms with Crippen molar-refractivity contribution in [2.24, 2.45) is 14.1 Å². The summed E-state index contributed by atoms with van der Waals surface area (Å²) in [6.45, 7) is 5.53. The molecule has 3 aromatic heterocycles. The summed E-state index contributed by atoms with van der Waals surface area (Å²) >= 11 is 0. The van der Waals surface area contributed by atoms with Crippen LogP contribution in [0.25, 0.3) is 0 Å². The van der Waals surface area contributed by atoms with E-state index in [-0.39, 0.29) is 0 Å². The van der Waals surface area contributed by atoms with Gasteiger partial charge in [0.25, 0.3) is 0 Å². The lowest BCUT2D eigenvalue weighted by molar-refractivity contribution is 0.716. The molecule has 2 N–H and O–H groups in total. The number of hydrogen-bond acceptors (Lipinski definition) is 6. The second kappa shape index (κ2) is 7.33. The molecule has 132 valence electrons. The number of nitrogens with zero attached hydrogens (tertiary/aromatic N) is 6. The topological polar surface area (TPSA) is 85.5 Å². The van der Waals surface area contributed by atoms with E-state index >= 15 is 0 Å². The van der Waals surface area contributed by atoms with Gasteiger partial charge in [0.2, 0.25) is 5.95 Å². The van der Waals surface area contributed by atoms with Crippen molar-refractivity contribution < 1.29 is 0 Å². The molecule has 0 aromatic carbocycles. The number of anilines is 2. The predicted octanol–water partition coefficient (Wildman–Crippen LogP) is 2.29. The van der Waals surface area contributed by atoms with Gasteiger partial charge in [0.15, 0.2) is 0 Å². The maximum Gasteiger partial charge on any atom is 0.225 e. The van der Waals surface area contributed by atoms with Crippen LogP contribution in [0.15, 0.2) is 30.6 Å². The van der Waals surface area contributed by atoms with Crippen LogP contribution in [-0.2, 0) is 27.2 Å². The van der Waals surface area contributed by atoms with E-state index in [1.807, 2.05) is 41.7 Å². The number of aryl methyl sites for hydroxylation is 2. The van der Waals surface area contributed by atoms with E-state index in [0.717, 1.165) is 22.9 Å². The van der Waals surface area contributed by atoms with Crippen molar-refractivity contribution in [3.05, 3.63) is 47.7 Å². The van der Waals surface area contributed by atoms with Gasteiger partial charge >= 0.3 is 0 Å². The van der Waals surface area contributed by atoms with Gasteiger partial charge in [0.1, 0.15) is 5.82 Å². The molecule has 25 heavy (non-hydrogen) atoms. The number of rotatable bonds is 7. The molecule has 8 nitrogen and oxygen atoms in total. The molecule has 3 aromatic rings. The molecule has 0 amide bonds. The third-order valence-electron chi connectivity index (χ3n) is 4.06. The zero-order valence-electron chi connectivity index (χ0n) is 15.1. The number of nitrogens with one attached hydrogen (secondary N) is 2. The highest BCUT2D eigenvalue weighted by molar-refractivity contribution is 5.43. The first-order valence-corrected chi connectivity index (χ1v) is 8.33. The molecule has 0 fully saturated rings. The van der Waals surface area contributed by atoms with E-state index in [0.29, 0.717) is 25.0 Å². The fourth-order valence-corrected chi connectivity index (χ4v) is 2.43. The molecule has 0 saturated heterocycles. The smallest absolute Gasteiger partial charge is 0.225 e. The molecule has 0 aliphatic heterocycles. The van der Waals surface area contributed by atoms with E-state index in [9.17, 15) is 0 Å². The summed E-state index contributed by atoms with van der Waals surface area (Å²) in [5.41, 5.74) is 3.16. The zero-order valence-corrected chi connectivity index (χ0v) is 15.1. The minimum absolute atomic E-state index is 0.317. The Morgan fingerprint density at radius 1 is 0.920 bits per heavy atom. The molecule has 0 unspecified atom stereocenters. The van der Waals surface area contributed by atoms with Gasteiger partial charge < -0.3 is 10.6 Å². The average Bonchev–Trinajstić information content (AvgIpc) is 3.19. The maximum absolute atomic E-state index is 4.62. The molecule has 0 bridgehead atoms. The summed E-state index contributed by atoms with van der Waals surface area (Å²) in [6, 6.07) is 5.95. The first-order valence-electron chi connectivity index (χ1n) is 8.33. The van der Waals surface area contributed by atoms with Gasteiger partial charge in [-0.05, 0) is 18.1 Å². The van der Waals surface area contributed by atoms with E-state index in [2.05, 4.69) is 44.6 Å². The highest BCUT2D eigenvalue weighted by Gasteiger charge is 2.09. The van der Waals surface area contributed by atoms with Crippen LogP contribution in [0.5, 0.6) is 0 Å². The van der Waals surface area contributed by atoms with Crippen molar-refractivity contribution >= 4 is 11.8 Å². The fraction of sp³-hybridized carbons (Fsp3) is 0.412. The van der Waals surface area contributed by atoms with Crippen LogP contribution in [0.4, 0.5) is 11.8 Å². The molecule has 0 spiro atoms. The lowest BCUT2D eigenvalue weighted by atomic mass is 10.1. The van der Waals surface area contributed by atoms with Gasteiger partial charge in [0, 0.05) is 32.6 Å². The number of aromatic nitrogens is 6. The van der Waals surface area contributed by atoms with E-state index in [1.54, 1.807) is 12.4 Å². The Bertz CT molecular complexity index is 770. The minimum atomic E-state index is 0.317. The minimum Gasteiger partial charge on any atom is -0.364 e. The molecule has 3 heterocycles. The first-order chi connectivity index (χ1) is 12.0. The first kappa shape index (κ1) is 16.9. The molecular weight excluding hydrogens is 316 g/mol. The van der Waals surface area contributed by atoms with Gasteiger partial charge in [-0.1, -0.05) is 13.8 Å². The summed E-state index contributed by atoms with van der Waals surface area (Å²) in [5.74, 6) is 1.73. The second-order valence-electron chi connectivity index (χ2n) is 6.26. The van der Waals surface area contributed by atoms with Gasteiger partial charge in [-0.15, -0.1) is 0 Å². The van der Waals surface area contributed by atoms with Crippen LogP contribution in [0, 0.1) is 0 Å². The van der Waals surface area contributed by atoms with Crippen molar-refractivity contribution in [1.29, 1.82) is 0 Å². The summed E-state index contributed by atoms with van der Waals surface area (Å²) < 4.78 is 3.68. The summed E-state index contributed by atoms with van der Waals surface area (Å²) in [5, 5.41) is 15.0. The summed E-state index contributed by atoms with van der Waals surface area (Å²) in [6.07, 6.45) is 3.57. The quantitative estimate of drug-likeness (QED) is 0.686. The van der Waals surface area contributed by atoms with Gasteiger partial charge in [0.05, 0.1) is 30.2 Å².